The molecule has 0 heterocycles. The third kappa shape index (κ3) is 56.7. The Morgan fingerprint density at radius 3 is 1.16 bits per heavy atom. The summed E-state index contributed by atoms with van der Waals surface area (Å²) in [4.78, 5) is 37.4. The summed E-state index contributed by atoms with van der Waals surface area (Å²) in [6, 6.07) is 0. The van der Waals surface area contributed by atoms with Crippen LogP contribution in [-0.4, -0.2) is 87.4 Å². The van der Waals surface area contributed by atoms with Gasteiger partial charge in [0.2, 0.25) is 0 Å². The lowest BCUT2D eigenvalue weighted by Crippen LogP contribution is -2.40. The number of unbranched alkanes of at least 4 members (excludes halogenated alkanes) is 32. The third-order valence-electron chi connectivity index (χ3n) is 13.5. The zero-order chi connectivity index (χ0) is 54.1. The monoisotopic (exact) mass is 1040 g/mol. The number of hydrogen-bond donors (Lipinski definition) is 1. The van der Waals surface area contributed by atoms with E-state index in [1.807, 2.05) is 21.1 Å². The van der Waals surface area contributed by atoms with Crippen molar-refractivity contribution < 1.29 is 42.9 Å². The second-order valence-corrected chi connectivity index (χ2v) is 22.0. The highest BCUT2D eigenvalue weighted by molar-refractivity contribution is 5.71. The van der Waals surface area contributed by atoms with Gasteiger partial charge in [0.25, 0.3) is 6.29 Å². The summed E-state index contributed by atoms with van der Waals surface area (Å²) in [5.74, 6) is -2.00. The molecule has 9 nitrogen and oxygen atoms in total. The van der Waals surface area contributed by atoms with Crippen molar-refractivity contribution in [3.8, 4) is 0 Å². The number of carbonyl (C=O) groups excluding carboxylic acids is 2. The standard InChI is InChI=1S/C65H117NO8/c1-6-8-10-12-14-16-18-20-22-23-24-25-26-27-28-29-30-31-32-33-34-35-36-37-38-39-40-41-42-44-46-48-50-52-54-56-63(68)74-61(60-73-65(64(69)70)71-58-57-66(3,4)5)59-72-62(67)55-53-51-49-47-45-43-21-19-17-15-13-11-9-7-2/h8,10,14,16,19-22,24-25,61,65H,6-7,9,11-13,15,17-18,23,26-60H2,1-5H3/p+1/b10-8-,16-14-,21-19-,22-20-,25-24-. The number of likely N-dealkylation sites (N-methyl/N-ethyl adjacent to an activating group) is 1. The molecule has 0 rings (SSSR count). The number of hydrogen-bond acceptors (Lipinski definition) is 7. The number of carbonyl (C=O) groups is 3. The molecule has 0 saturated carbocycles. The highest BCUT2D eigenvalue weighted by Crippen LogP contribution is 2.17. The first-order valence-corrected chi connectivity index (χ1v) is 31.0. The van der Waals surface area contributed by atoms with E-state index in [0.29, 0.717) is 17.4 Å². The summed E-state index contributed by atoms with van der Waals surface area (Å²) < 4.78 is 22.9. The largest absolute Gasteiger partial charge is 0.477 e. The predicted octanol–water partition coefficient (Wildman–Crippen LogP) is 18.4. The Morgan fingerprint density at radius 2 is 0.770 bits per heavy atom. The van der Waals surface area contributed by atoms with Crippen LogP contribution in [0.25, 0.3) is 0 Å². The summed E-state index contributed by atoms with van der Waals surface area (Å²) in [5, 5.41) is 9.70. The first-order chi connectivity index (χ1) is 36.1. The van der Waals surface area contributed by atoms with Crippen LogP contribution >= 0.6 is 0 Å². The predicted molar refractivity (Wildman–Crippen MR) is 313 cm³/mol. The average molecular weight is 1040 g/mol. The fourth-order valence-corrected chi connectivity index (χ4v) is 8.77. The molecular formula is C65H118NO8+. The molecule has 1 N–H and O–H groups in total. The molecule has 0 saturated heterocycles. The Labute approximate surface area is 456 Å². The van der Waals surface area contributed by atoms with Gasteiger partial charge in [-0.3, -0.25) is 9.59 Å². The van der Waals surface area contributed by atoms with Gasteiger partial charge in [-0.1, -0.05) is 248 Å². The summed E-state index contributed by atoms with van der Waals surface area (Å²) >= 11 is 0. The summed E-state index contributed by atoms with van der Waals surface area (Å²) in [6.45, 7) is 4.77. The average Bonchev–Trinajstić information content (AvgIpc) is 3.37. The van der Waals surface area contributed by atoms with Gasteiger partial charge in [0.15, 0.2) is 6.10 Å². The van der Waals surface area contributed by atoms with E-state index in [1.165, 1.54) is 167 Å². The van der Waals surface area contributed by atoms with Crippen molar-refractivity contribution in [2.24, 2.45) is 0 Å². The van der Waals surface area contributed by atoms with E-state index >= 15 is 0 Å². The fourth-order valence-electron chi connectivity index (χ4n) is 8.77. The first kappa shape index (κ1) is 71.0. The number of nitrogens with zero attached hydrogens (tertiary/aromatic N) is 1. The summed E-state index contributed by atoms with van der Waals surface area (Å²) in [7, 11) is 5.97. The van der Waals surface area contributed by atoms with Gasteiger partial charge < -0.3 is 28.5 Å². The lowest BCUT2D eigenvalue weighted by molar-refractivity contribution is -0.870. The van der Waals surface area contributed by atoms with Crippen molar-refractivity contribution in [2.45, 2.75) is 289 Å². The Hall–Kier alpha value is -3.01. The zero-order valence-corrected chi connectivity index (χ0v) is 49.0. The number of aliphatic carboxylic acids is 1. The van der Waals surface area contributed by atoms with E-state index in [2.05, 4.69) is 74.6 Å². The number of quaternary nitrogens is 1. The molecule has 2 atom stereocenters. The van der Waals surface area contributed by atoms with Crippen molar-refractivity contribution in [3.05, 3.63) is 60.8 Å². The maximum absolute atomic E-state index is 12.9. The summed E-state index contributed by atoms with van der Waals surface area (Å²) in [5.41, 5.74) is 0. The highest BCUT2D eigenvalue weighted by Gasteiger charge is 2.25. The number of esters is 2. The van der Waals surface area contributed by atoms with Gasteiger partial charge >= 0.3 is 17.9 Å². The van der Waals surface area contributed by atoms with Crippen molar-refractivity contribution >= 4 is 17.9 Å². The zero-order valence-electron chi connectivity index (χ0n) is 49.0. The van der Waals surface area contributed by atoms with Gasteiger partial charge in [0, 0.05) is 12.8 Å². The highest BCUT2D eigenvalue weighted by atomic mass is 16.7. The van der Waals surface area contributed by atoms with E-state index in [0.717, 1.165) is 83.5 Å². The van der Waals surface area contributed by atoms with Crippen LogP contribution in [0.3, 0.4) is 0 Å². The molecule has 0 radical (unpaired) electrons. The molecule has 0 aliphatic carbocycles. The van der Waals surface area contributed by atoms with Crippen molar-refractivity contribution in [1.82, 2.24) is 0 Å². The van der Waals surface area contributed by atoms with Gasteiger partial charge in [-0.2, -0.15) is 0 Å². The van der Waals surface area contributed by atoms with E-state index in [-0.39, 0.29) is 32.2 Å². The quantitative estimate of drug-likeness (QED) is 0.0211. The summed E-state index contributed by atoms with van der Waals surface area (Å²) in [6.07, 6.45) is 69.0. The molecular weight excluding hydrogens is 923 g/mol. The Bertz CT molecular complexity index is 1400. The first-order valence-electron chi connectivity index (χ1n) is 31.0. The van der Waals surface area contributed by atoms with E-state index < -0.39 is 24.3 Å². The molecule has 0 aromatic carbocycles. The molecule has 0 aliphatic heterocycles. The van der Waals surface area contributed by atoms with Crippen LogP contribution in [0.4, 0.5) is 0 Å². The number of rotatable bonds is 57. The van der Waals surface area contributed by atoms with Crippen LogP contribution in [0.5, 0.6) is 0 Å². The van der Waals surface area contributed by atoms with Gasteiger partial charge in [-0.15, -0.1) is 0 Å². The van der Waals surface area contributed by atoms with Gasteiger partial charge in [-0.25, -0.2) is 4.79 Å². The third-order valence-corrected chi connectivity index (χ3v) is 13.5. The van der Waals surface area contributed by atoms with Crippen molar-refractivity contribution in [1.29, 1.82) is 0 Å². The minimum Gasteiger partial charge on any atom is -0.477 e. The second kappa shape index (κ2) is 56.2. The van der Waals surface area contributed by atoms with Crippen LogP contribution in [0.2, 0.25) is 0 Å². The van der Waals surface area contributed by atoms with E-state index in [1.54, 1.807) is 0 Å². The van der Waals surface area contributed by atoms with Crippen LogP contribution in [0.1, 0.15) is 277 Å². The Kier molecular flexibility index (Phi) is 53.9. The van der Waals surface area contributed by atoms with Crippen molar-refractivity contribution in [3.63, 3.8) is 0 Å². The minimum atomic E-state index is -1.51. The molecule has 0 spiro atoms. The maximum atomic E-state index is 12.9. The maximum Gasteiger partial charge on any atom is 0.361 e. The molecule has 2 unspecified atom stereocenters. The lowest BCUT2D eigenvalue weighted by atomic mass is 10.0. The fraction of sp³-hybridized carbons (Fsp3) is 0.800. The molecule has 74 heavy (non-hydrogen) atoms. The molecule has 0 aliphatic rings. The van der Waals surface area contributed by atoms with Crippen LogP contribution < -0.4 is 0 Å². The molecule has 0 fully saturated rings. The minimum absolute atomic E-state index is 0.184. The SMILES string of the molecule is CC/C=C\C/C=C\C/C=C\C/C=C\CCCCCCCCCCCCCCCCCCCCCCCCC(=O)OC(COC(=O)CCCCCCC/C=C\CCCCCCC)COC(OCC[N+](C)(C)C)C(=O)O. The van der Waals surface area contributed by atoms with Crippen molar-refractivity contribution in [2.75, 3.05) is 47.5 Å². The normalized spacial score (nSPS) is 13.1. The number of ether oxygens (including phenoxy) is 4. The lowest BCUT2D eigenvalue weighted by Gasteiger charge is -2.25. The van der Waals surface area contributed by atoms with Gasteiger partial charge in [0.05, 0.1) is 34.4 Å². The molecule has 0 aromatic rings. The molecule has 9 heteroatoms. The van der Waals surface area contributed by atoms with Crippen LogP contribution in [-0.2, 0) is 33.3 Å². The Morgan fingerprint density at radius 1 is 0.419 bits per heavy atom. The second-order valence-electron chi connectivity index (χ2n) is 22.0. The van der Waals surface area contributed by atoms with Crippen LogP contribution in [0, 0.1) is 0 Å². The molecule has 430 valence electrons. The number of carboxylic acids is 1. The smallest absolute Gasteiger partial charge is 0.361 e. The van der Waals surface area contributed by atoms with Crippen LogP contribution in [0.15, 0.2) is 60.8 Å². The molecule has 0 amide bonds. The Balaban J connectivity index is 4.03. The van der Waals surface area contributed by atoms with E-state index in [4.69, 9.17) is 18.9 Å². The molecule has 0 bridgehead atoms. The molecule has 0 aromatic heterocycles. The topological polar surface area (TPSA) is 108 Å². The van der Waals surface area contributed by atoms with Gasteiger partial charge in [-0.05, 0) is 77.0 Å². The number of allylic oxidation sites excluding steroid dienone is 10. The number of carboxylic acid groups (broad SMARTS) is 1. The van der Waals surface area contributed by atoms with E-state index in [9.17, 15) is 19.5 Å². The van der Waals surface area contributed by atoms with Gasteiger partial charge in [0.1, 0.15) is 13.2 Å².